The van der Waals surface area contributed by atoms with Gasteiger partial charge >= 0.3 is 11.9 Å². The van der Waals surface area contributed by atoms with E-state index in [4.69, 9.17) is 80.5 Å². The number of ether oxygens (including phenoxy) is 17. The quantitative estimate of drug-likeness (QED) is 0.0150. The van der Waals surface area contributed by atoms with Crippen LogP contribution >= 0.6 is 0 Å². The van der Waals surface area contributed by atoms with Gasteiger partial charge in [-0.15, -0.1) is 6.58 Å². The van der Waals surface area contributed by atoms with Gasteiger partial charge in [-0.2, -0.15) is 0 Å². The minimum absolute atomic E-state index is 0.0184. The van der Waals surface area contributed by atoms with E-state index >= 15 is 4.79 Å². The van der Waals surface area contributed by atoms with Gasteiger partial charge in [0.05, 0.1) is 81.3 Å². The summed E-state index contributed by atoms with van der Waals surface area (Å²) in [4.78, 5) is 44.7. The predicted octanol–water partition coefficient (Wildman–Crippen LogP) is -7.11. The Morgan fingerprint density at radius 3 is 1.64 bits per heavy atom. The molecule has 49 atom stereocenters. The van der Waals surface area contributed by atoms with E-state index in [-0.39, 0.29) is 43.1 Å². The van der Waals surface area contributed by atoms with Gasteiger partial charge in [0.15, 0.2) is 50.1 Å². The standard InChI is InChI=1S/C88H141NO43/c1-14-84(10,132-78-66(112)59(105)51(97)33(2)118-78)21-15-16-37(27-90)72(114)125-49-26-88(81(115)131-80-71(62(108)55(101)42(29-92)123-80)130-77-67(113)69(128-76-65(111)60(106)54(100)41(28-91)121-76)68(35(4)120-77)127-75-64(110)56(102)43(30-93)122-75)39(24-82(49,6)7)38-17-18-46-85(11)22-20-48(83(8,9)45(85)19-23-86(46,12)87(38,13)25-47(88)96)126-73-50(89-36(5)94)58(104)57(103)44(124-73)32-117-79-70(61(107)52(98)34(3)119-79)129-74-63(109)53(99)40(95)31-116-74/h14,16-17,33-35,39-71,73-80,90-93,95-113H,1,15,18-32H2,2-13H3,(H,89,94)/b37-16+/t33-,34-,35+,39-,40-,41-,42-,43+,44-,45+,46-,47-,48+,49+,50-,51-,52+,53+,54-,55-,56+,57-,58-,59+,60+,61+,62+,63-,64-,65-,66-,67-,68+,69+,70-,71-,73+,74+,75+,76+,77+,78+,79-,80+,84-,85+,86-,87-,88-/m1/s1. The molecule has 0 bridgehead atoms. The highest BCUT2D eigenvalue weighted by molar-refractivity contribution is 5.89. The molecular weight excluding hydrogens is 1760 g/mol. The lowest BCUT2D eigenvalue weighted by Crippen LogP contribution is -2.70. The van der Waals surface area contributed by atoms with Crippen LogP contribution in [0.4, 0.5) is 0 Å². The molecule has 5 aliphatic carbocycles. The van der Waals surface area contributed by atoms with Gasteiger partial charge in [0.1, 0.15) is 170 Å². The van der Waals surface area contributed by atoms with Crippen molar-refractivity contribution in [2.45, 2.75) is 405 Å². The molecule has 0 radical (unpaired) electrons. The predicted molar refractivity (Wildman–Crippen MR) is 441 cm³/mol. The molecule has 12 fully saturated rings. The number of carbonyl (C=O) groups excluding carboxylic acids is 3. The van der Waals surface area contributed by atoms with Gasteiger partial charge in [-0.3, -0.25) is 9.59 Å². The fraction of sp³-hybridized carbons (Fsp3) is 0.898. The van der Waals surface area contributed by atoms with Crippen LogP contribution in [0.15, 0.2) is 36.0 Å². The lowest BCUT2D eigenvalue weighted by Gasteiger charge is -2.72. The minimum Gasteiger partial charge on any atom is -0.458 e. The molecule has 44 nitrogen and oxygen atoms in total. The number of rotatable bonds is 28. The van der Waals surface area contributed by atoms with Gasteiger partial charge < -0.3 is 203 Å². The van der Waals surface area contributed by atoms with Crippen molar-refractivity contribution in [2.75, 3.05) is 39.6 Å². The smallest absolute Gasteiger partial charge is 0.336 e. The Labute approximate surface area is 763 Å². The van der Waals surface area contributed by atoms with E-state index in [0.717, 1.165) is 5.57 Å². The third-order valence-electron chi connectivity index (χ3n) is 31.8. The van der Waals surface area contributed by atoms with Crippen LogP contribution in [0, 0.1) is 50.2 Å². The van der Waals surface area contributed by atoms with Crippen molar-refractivity contribution in [3.8, 4) is 0 Å². The summed E-state index contributed by atoms with van der Waals surface area (Å²) < 4.78 is 104. The van der Waals surface area contributed by atoms with Crippen LogP contribution in [0.3, 0.4) is 0 Å². The van der Waals surface area contributed by atoms with Gasteiger partial charge in [0.25, 0.3) is 0 Å². The van der Waals surface area contributed by atoms with Crippen LogP contribution in [-0.4, -0.2) is 432 Å². The van der Waals surface area contributed by atoms with Gasteiger partial charge in [0.2, 0.25) is 12.2 Å². The monoisotopic (exact) mass is 1900 g/mol. The molecule has 0 unspecified atom stereocenters. The van der Waals surface area contributed by atoms with Gasteiger partial charge in [-0.25, -0.2) is 4.79 Å². The first kappa shape index (κ1) is 105. The average Bonchev–Trinajstić information content (AvgIpc) is 0.700. The zero-order chi connectivity index (χ0) is 97.0. The summed E-state index contributed by atoms with van der Waals surface area (Å²) >= 11 is 0. The van der Waals surface area contributed by atoms with Crippen LogP contribution in [0.1, 0.15) is 147 Å². The Morgan fingerprint density at radius 2 is 1.02 bits per heavy atom. The molecule has 44 heteroatoms. The van der Waals surface area contributed by atoms with Crippen molar-refractivity contribution in [3.63, 3.8) is 0 Å². The fourth-order valence-corrected chi connectivity index (χ4v) is 23.5. The third-order valence-corrected chi connectivity index (χ3v) is 31.8. The highest BCUT2D eigenvalue weighted by Crippen LogP contribution is 2.76. The first-order chi connectivity index (χ1) is 61.9. The summed E-state index contributed by atoms with van der Waals surface area (Å²) in [6.45, 7) is 20.4. The second-order valence-electron chi connectivity index (χ2n) is 40.8. The number of fused-ring (bicyclic) bond motifs is 7. The molecule has 8 saturated heterocycles. The molecule has 132 heavy (non-hydrogen) atoms. The molecule has 13 aliphatic rings. The summed E-state index contributed by atoms with van der Waals surface area (Å²) in [5.74, 6) is -4.29. The van der Waals surface area contributed by atoms with Gasteiger partial charge in [-0.1, -0.05) is 72.3 Å². The number of esters is 2. The lowest BCUT2D eigenvalue weighted by atomic mass is 9.33. The SMILES string of the molecule is C=C[C@](C)(CC/C=C(\CO)C(=O)O[C@H]1C[C@]2(C(=O)O[C@@H]3O[C@H](CO)[C@@H](O)[C@H](O)[C@H]3O[C@@H]3O[C@@H](C)[C@H](O[C@@H]4O[C@@H](CO)[C@H](O)[C@H]4O)[C@@H](O[C@@H]4O[C@H](CO)[C@@H](O)[C@H](O)[C@H]4O)[C@H]3O)[C@H](O)C[C@]3(C)C(=CC[C@@H]4[C@@]5(C)CC[C@H](O[C@@H]6O[C@H](CO[C@@H]7O[C@H](C)[C@H](O)[C@H](O)[C@H]7O[C@@H]7OC[C@@H](O)[C@H](O)[C@H]7O)[C@@H](O)[C@H](O)[C@H]6NC(C)=O)C(C)(C)[C@@H]5CC[C@]43C)[C@H]2CC1(C)C)O[C@@H]1O[C@H](C)[C@@H](O)[C@H](O)[C@H]1O. The van der Waals surface area contributed by atoms with Crippen LogP contribution < -0.4 is 5.32 Å². The molecule has 1 amide bonds. The summed E-state index contributed by atoms with van der Waals surface area (Å²) in [7, 11) is 0. The van der Waals surface area contributed by atoms with E-state index < -0.39 is 360 Å². The first-order valence-electron chi connectivity index (χ1n) is 45.7. The maximum absolute atomic E-state index is 16.8. The van der Waals surface area contributed by atoms with Gasteiger partial charge in [-0.05, 0) is 125 Å². The largest absolute Gasteiger partial charge is 0.458 e. The third kappa shape index (κ3) is 19.5. The number of hydrogen-bond acceptors (Lipinski definition) is 43. The van der Waals surface area contributed by atoms with Crippen LogP contribution in [0.25, 0.3) is 0 Å². The topological polar surface area (TPSA) is 685 Å². The minimum atomic E-state index is -2.28. The molecule has 0 aromatic rings. The molecule has 4 saturated carbocycles. The second kappa shape index (κ2) is 41.0. The summed E-state index contributed by atoms with van der Waals surface area (Å²) in [5, 5.41) is 259. The molecule has 24 N–H and O–H groups in total. The number of nitrogens with one attached hydrogen (secondary N) is 1. The molecule has 8 aliphatic heterocycles. The average molecular weight is 1900 g/mol. The zero-order valence-corrected chi connectivity index (χ0v) is 76.1. The second-order valence-corrected chi connectivity index (χ2v) is 40.8. The molecule has 8 heterocycles. The number of carbonyl (C=O) groups is 3. The Hall–Kier alpha value is -3.89. The summed E-state index contributed by atoms with van der Waals surface area (Å²) in [6, 6.07) is -1.37. The van der Waals surface area contributed by atoms with E-state index in [2.05, 4.69) is 52.6 Å². The molecular formula is C88H141NO43. The van der Waals surface area contributed by atoms with E-state index in [1.54, 1.807) is 20.8 Å². The van der Waals surface area contributed by atoms with Crippen molar-refractivity contribution in [1.82, 2.24) is 5.32 Å². The molecule has 0 aromatic heterocycles. The van der Waals surface area contributed by atoms with Crippen molar-refractivity contribution in [1.29, 1.82) is 0 Å². The van der Waals surface area contributed by atoms with Gasteiger partial charge in [0, 0.05) is 18.8 Å². The number of allylic oxidation sites excluding steroid dienone is 3. The Balaban J connectivity index is 0.799. The first-order valence-corrected chi connectivity index (χ1v) is 45.7. The number of amides is 1. The Bertz CT molecular complexity index is 3980. The van der Waals surface area contributed by atoms with E-state index in [1.165, 1.54) is 39.8 Å². The number of hydrogen-bond donors (Lipinski definition) is 24. The van der Waals surface area contributed by atoms with Crippen molar-refractivity contribution < 1.29 is 212 Å². The van der Waals surface area contributed by atoms with Crippen LogP contribution in [-0.2, 0) is 94.9 Å². The van der Waals surface area contributed by atoms with E-state index in [9.17, 15) is 127 Å². The number of aliphatic hydroxyl groups is 23. The van der Waals surface area contributed by atoms with Crippen LogP contribution in [0.5, 0.6) is 0 Å². The Kier molecular flexibility index (Phi) is 32.7. The summed E-state index contributed by atoms with van der Waals surface area (Å²) in [5.41, 5.74) is -7.29. The number of aliphatic hydroxyl groups excluding tert-OH is 23. The lowest BCUT2D eigenvalue weighted by molar-refractivity contribution is -0.390. The molecule has 756 valence electrons. The van der Waals surface area contributed by atoms with E-state index in [0.29, 0.717) is 32.1 Å². The maximum atomic E-state index is 16.8. The molecule has 0 spiro atoms. The normalized spacial score (nSPS) is 50.7. The maximum Gasteiger partial charge on any atom is 0.336 e. The van der Waals surface area contributed by atoms with Crippen molar-refractivity contribution >= 4 is 17.8 Å². The van der Waals surface area contributed by atoms with Crippen LogP contribution in [0.2, 0.25) is 0 Å². The molecule has 13 rings (SSSR count). The van der Waals surface area contributed by atoms with Crippen molar-refractivity contribution in [3.05, 3.63) is 36.0 Å². The highest BCUT2D eigenvalue weighted by Gasteiger charge is 2.74. The molecule has 0 aromatic carbocycles. The summed E-state index contributed by atoms with van der Waals surface area (Å²) in [6.07, 6.45) is -61.8. The van der Waals surface area contributed by atoms with Crippen molar-refractivity contribution in [2.24, 2.45) is 50.2 Å². The van der Waals surface area contributed by atoms with E-state index in [1.807, 2.05) is 0 Å². The highest BCUT2D eigenvalue weighted by atomic mass is 16.8. The fourth-order valence-electron chi connectivity index (χ4n) is 23.5. The zero-order valence-electron chi connectivity index (χ0n) is 76.1. The Morgan fingerprint density at radius 1 is 0.508 bits per heavy atom.